The van der Waals surface area contributed by atoms with Crippen LogP contribution in [0.5, 0.6) is 0 Å². The lowest BCUT2D eigenvalue weighted by atomic mass is 9.89. The number of benzene rings is 1. The minimum atomic E-state index is -0.364. The van der Waals surface area contributed by atoms with Crippen molar-refractivity contribution in [3.63, 3.8) is 0 Å². The molecule has 1 N–H and O–H groups in total. The molecule has 1 aliphatic heterocycles. The number of fused-ring (bicyclic) bond motifs is 3. The van der Waals surface area contributed by atoms with Gasteiger partial charge in [-0.1, -0.05) is 32.0 Å². The molecule has 4 heteroatoms. The number of ketones is 1. The van der Waals surface area contributed by atoms with E-state index in [2.05, 4.69) is 11.1 Å². The van der Waals surface area contributed by atoms with E-state index in [-0.39, 0.29) is 29.7 Å². The number of aromatic amines is 1. The molecule has 0 bridgehead atoms. The van der Waals surface area contributed by atoms with Crippen LogP contribution < -0.4 is 0 Å². The van der Waals surface area contributed by atoms with E-state index < -0.39 is 0 Å². The molecule has 0 spiro atoms. The second-order valence-corrected chi connectivity index (χ2v) is 6.47. The molecule has 1 aromatic heterocycles. The molecule has 0 saturated carbocycles. The molecule has 0 fully saturated rings. The van der Waals surface area contributed by atoms with Crippen molar-refractivity contribution >= 4 is 22.6 Å². The highest BCUT2D eigenvalue weighted by Crippen LogP contribution is 2.37. The summed E-state index contributed by atoms with van der Waals surface area (Å²) in [5, 5.41) is 1.16. The largest absolute Gasteiger partial charge is 0.356 e. The predicted molar refractivity (Wildman–Crippen MR) is 86.6 cm³/mol. The van der Waals surface area contributed by atoms with Gasteiger partial charge < -0.3 is 9.88 Å². The summed E-state index contributed by atoms with van der Waals surface area (Å²) in [6, 6.07) is 7.65. The smallest absolute Gasteiger partial charge is 0.226 e. The number of hydrogen-bond donors (Lipinski definition) is 1. The predicted octanol–water partition coefficient (Wildman–Crippen LogP) is 3.23. The molecule has 2 atom stereocenters. The Morgan fingerprint density at radius 3 is 2.59 bits per heavy atom. The van der Waals surface area contributed by atoms with E-state index in [9.17, 15) is 9.59 Å². The van der Waals surface area contributed by atoms with E-state index in [0.29, 0.717) is 6.42 Å². The molecule has 2 heterocycles. The molecule has 2 unspecified atom stereocenters. The van der Waals surface area contributed by atoms with Gasteiger partial charge in [-0.15, -0.1) is 0 Å². The first-order chi connectivity index (χ1) is 10.4. The number of rotatable bonds is 2. The number of Topliss-reactive ketones (excluding diaryl/α,β-unsaturated/α-hetero) is 1. The Labute approximate surface area is 130 Å². The molecule has 1 amide bonds. The van der Waals surface area contributed by atoms with Crippen LogP contribution in [0.2, 0.25) is 0 Å². The molecule has 3 rings (SSSR count). The van der Waals surface area contributed by atoms with E-state index in [0.717, 1.165) is 16.6 Å². The van der Waals surface area contributed by atoms with Gasteiger partial charge >= 0.3 is 0 Å². The second-order valence-electron chi connectivity index (χ2n) is 6.47. The van der Waals surface area contributed by atoms with Crippen LogP contribution in [0.4, 0.5) is 0 Å². The molecule has 2 aromatic rings. The number of para-hydroxylation sites is 1. The summed E-state index contributed by atoms with van der Waals surface area (Å²) in [5.41, 5.74) is 3.31. The van der Waals surface area contributed by atoms with Gasteiger partial charge in [0, 0.05) is 28.9 Å². The summed E-state index contributed by atoms with van der Waals surface area (Å²) < 4.78 is 0. The molecule has 1 aliphatic rings. The van der Waals surface area contributed by atoms with E-state index >= 15 is 0 Å². The van der Waals surface area contributed by atoms with Crippen molar-refractivity contribution in [1.29, 1.82) is 0 Å². The second kappa shape index (κ2) is 5.27. The maximum absolute atomic E-state index is 12.6. The highest BCUT2D eigenvalue weighted by Gasteiger charge is 2.39. The van der Waals surface area contributed by atoms with Crippen LogP contribution in [-0.2, 0) is 16.0 Å². The Hall–Kier alpha value is -2.10. The third kappa shape index (κ3) is 2.14. The Balaban J connectivity index is 2.15. The van der Waals surface area contributed by atoms with Crippen LogP contribution in [-0.4, -0.2) is 27.6 Å². The van der Waals surface area contributed by atoms with Gasteiger partial charge in [-0.25, -0.2) is 0 Å². The van der Waals surface area contributed by atoms with Crippen molar-refractivity contribution in [3.8, 4) is 0 Å². The van der Waals surface area contributed by atoms with Crippen LogP contribution in [0.3, 0.4) is 0 Å². The van der Waals surface area contributed by atoms with Crippen LogP contribution in [0, 0.1) is 5.92 Å². The van der Waals surface area contributed by atoms with Crippen molar-refractivity contribution in [1.82, 2.24) is 9.88 Å². The first kappa shape index (κ1) is 14.8. The number of H-pyrrole nitrogens is 1. The molecule has 0 aliphatic carbocycles. The molecule has 0 saturated heterocycles. The van der Waals surface area contributed by atoms with Gasteiger partial charge in [0.25, 0.3) is 0 Å². The SMILES string of the molecule is CC(=O)C1Cc2c([nH]c3ccccc23)C(C)N1C(=O)C(C)C. The van der Waals surface area contributed by atoms with Gasteiger partial charge in [-0.2, -0.15) is 0 Å². The van der Waals surface area contributed by atoms with E-state index in [4.69, 9.17) is 0 Å². The lowest BCUT2D eigenvalue weighted by molar-refractivity contribution is -0.145. The Kier molecular flexibility index (Phi) is 3.55. The van der Waals surface area contributed by atoms with Crippen LogP contribution in [0.1, 0.15) is 45.0 Å². The fourth-order valence-corrected chi connectivity index (χ4v) is 3.48. The highest BCUT2D eigenvalue weighted by atomic mass is 16.2. The third-order valence-electron chi connectivity index (χ3n) is 4.63. The Bertz CT molecular complexity index is 745. The minimum Gasteiger partial charge on any atom is -0.356 e. The van der Waals surface area contributed by atoms with E-state index in [1.54, 1.807) is 11.8 Å². The number of nitrogens with one attached hydrogen (secondary N) is 1. The summed E-state index contributed by atoms with van der Waals surface area (Å²) in [6.07, 6.45) is 0.595. The number of aromatic nitrogens is 1. The number of carbonyl (C=O) groups excluding carboxylic acids is 2. The van der Waals surface area contributed by atoms with Crippen molar-refractivity contribution in [2.24, 2.45) is 5.92 Å². The van der Waals surface area contributed by atoms with E-state index in [1.165, 1.54) is 5.56 Å². The Morgan fingerprint density at radius 2 is 1.95 bits per heavy atom. The number of hydrogen-bond acceptors (Lipinski definition) is 2. The van der Waals surface area contributed by atoms with Crippen LogP contribution >= 0.6 is 0 Å². The van der Waals surface area contributed by atoms with Crippen molar-refractivity contribution in [2.75, 3.05) is 0 Å². The van der Waals surface area contributed by atoms with Crippen molar-refractivity contribution in [3.05, 3.63) is 35.5 Å². The number of amides is 1. The average Bonchev–Trinajstić information content (AvgIpc) is 2.85. The van der Waals surface area contributed by atoms with Crippen molar-refractivity contribution in [2.45, 2.75) is 46.2 Å². The molecule has 4 nitrogen and oxygen atoms in total. The quantitative estimate of drug-likeness (QED) is 0.925. The fourth-order valence-electron chi connectivity index (χ4n) is 3.48. The van der Waals surface area contributed by atoms with Crippen molar-refractivity contribution < 1.29 is 9.59 Å². The summed E-state index contributed by atoms with van der Waals surface area (Å²) >= 11 is 0. The zero-order chi connectivity index (χ0) is 16.0. The van der Waals surface area contributed by atoms with Gasteiger partial charge in [0.2, 0.25) is 5.91 Å². The number of carbonyl (C=O) groups is 2. The third-order valence-corrected chi connectivity index (χ3v) is 4.63. The van der Waals surface area contributed by atoms with Gasteiger partial charge in [0.05, 0.1) is 12.1 Å². The topological polar surface area (TPSA) is 53.2 Å². The monoisotopic (exact) mass is 298 g/mol. The normalized spacial score (nSPS) is 21.2. The highest BCUT2D eigenvalue weighted by molar-refractivity contribution is 5.92. The maximum atomic E-state index is 12.6. The zero-order valence-electron chi connectivity index (χ0n) is 13.5. The molecule has 116 valence electrons. The first-order valence-electron chi connectivity index (χ1n) is 7.84. The first-order valence-corrected chi connectivity index (χ1v) is 7.84. The number of nitrogens with zero attached hydrogens (tertiary/aromatic N) is 1. The standard InChI is InChI=1S/C18H22N2O2/c1-10(2)18(22)20-11(3)17-14(9-16(20)12(4)21)13-7-5-6-8-15(13)19-17/h5-8,10-11,16,19H,9H2,1-4H3. The molecule has 22 heavy (non-hydrogen) atoms. The van der Waals surface area contributed by atoms with Crippen LogP contribution in [0.15, 0.2) is 24.3 Å². The maximum Gasteiger partial charge on any atom is 0.226 e. The van der Waals surface area contributed by atoms with Gasteiger partial charge in [-0.3, -0.25) is 9.59 Å². The molecule has 0 radical (unpaired) electrons. The summed E-state index contributed by atoms with van der Waals surface area (Å²) in [5.74, 6) is -0.0241. The average molecular weight is 298 g/mol. The molecular weight excluding hydrogens is 276 g/mol. The van der Waals surface area contributed by atoms with Gasteiger partial charge in [-0.05, 0) is 25.5 Å². The summed E-state index contributed by atoms with van der Waals surface area (Å²) in [7, 11) is 0. The van der Waals surface area contributed by atoms with Crippen LogP contribution in [0.25, 0.3) is 10.9 Å². The lowest BCUT2D eigenvalue weighted by Gasteiger charge is -2.40. The minimum absolute atomic E-state index is 0.0389. The molecule has 1 aromatic carbocycles. The van der Waals surface area contributed by atoms with Gasteiger partial charge in [0.1, 0.15) is 0 Å². The van der Waals surface area contributed by atoms with E-state index in [1.807, 2.05) is 39.0 Å². The fraction of sp³-hybridized carbons (Fsp3) is 0.444. The van der Waals surface area contributed by atoms with Gasteiger partial charge in [0.15, 0.2) is 5.78 Å². The molecular formula is C18H22N2O2. The zero-order valence-corrected chi connectivity index (χ0v) is 13.5. The Morgan fingerprint density at radius 1 is 1.27 bits per heavy atom. The lowest BCUT2D eigenvalue weighted by Crippen LogP contribution is -2.51. The summed E-state index contributed by atoms with van der Waals surface area (Å²) in [4.78, 5) is 30.0. The summed E-state index contributed by atoms with van der Waals surface area (Å²) in [6.45, 7) is 7.35.